The predicted molar refractivity (Wildman–Crippen MR) is 64.3 cm³/mol. The van der Waals surface area contributed by atoms with E-state index in [2.05, 4.69) is 26.0 Å². The molecule has 78 valence electrons. The van der Waals surface area contributed by atoms with Crippen molar-refractivity contribution < 1.29 is 0 Å². The average Bonchev–Trinajstić information content (AvgIpc) is 2.52. The van der Waals surface area contributed by atoms with E-state index in [4.69, 9.17) is 11.6 Å². The Balaban J connectivity index is 0.000000461. The van der Waals surface area contributed by atoms with Gasteiger partial charge in [-0.1, -0.05) is 38.4 Å². The first-order valence-corrected chi connectivity index (χ1v) is 5.85. The van der Waals surface area contributed by atoms with Crippen molar-refractivity contribution in [3.63, 3.8) is 0 Å². The molecule has 2 rings (SSSR count). The second kappa shape index (κ2) is 4.84. The van der Waals surface area contributed by atoms with Crippen LogP contribution in [0.2, 0.25) is 5.02 Å². The second-order valence-corrected chi connectivity index (χ2v) is 4.16. The molecule has 1 aromatic carbocycles. The lowest BCUT2D eigenvalue weighted by Crippen LogP contribution is -1.88. The van der Waals surface area contributed by atoms with Gasteiger partial charge in [0.25, 0.3) is 0 Å². The van der Waals surface area contributed by atoms with Crippen molar-refractivity contribution in [1.29, 1.82) is 0 Å². The van der Waals surface area contributed by atoms with Crippen molar-refractivity contribution >= 4 is 11.6 Å². The molecule has 0 radical (unpaired) electrons. The molecule has 0 spiro atoms. The average molecular weight is 211 g/mol. The SMILES string of the molecule is CC.Cc1cc(Cl)c2c(c1)C(C)CC2. The van der Waals surface area contributed by atoms with E-state index in [0.29, 0.717) is 5.92 Å². The molecule has 0 N–H and O–H groups in total. The molecular weight excluding hydrogens is 192 g/mol. The Labute approximate surface area is 92.3 Å². The third kappa shape index (κ3) is 2.12. The van der Waals surface area contributed by atoms with Gasteiger partial charge in [-0.15, -0.1) is 0 Å². The van der Waals surface area contributed by atoms with Crippen LogP contribution in [-0.4, -0.2) is 0 Å². The van der Waals surface area contributed by atoms with Gasteiger partial charge in [-0.2, -0.15) is 0 Å². The van der Waals surface area contributed by atoms with Crippen LogP contribution in [0.1, 0.15) is 49.8 Å². The van der Waals surface area contributed by atoms with E-state index >= 15 is 0 Å². The molecule has 1 aliphatic rings. The molecule has 0 saturated carbocycles. The highest BCUT2D eigenvalue weighted by Crippen LogP contribution is 2.37. The van der Waals surface area contributed by atoms with E-state index in [1.807, 2.05) is 13.8 Å². The molecule has 1 aromatic rings. The molecule has 1 atom stereocenters. The minimum atomic E-state index is 0.706. The highest BCUT2D eigenvalue weighted by atomic mass is 35.5. The van der Waals surface area contributed by atoms with Crippen LogP contribution in [0.25, 0.3) is 0 Å². The minimum Gasteiger partial charge on any atom is -0.0840 e. The number of rotatable bonds is 0. The van der Waals surface area contributed by atoms with Gasteiger partial charge in [-0.3, -0.25) is 0 Å². The Bertz CT molecular complexity index is 315. The van der Waals surface area contributed by atoms with Gasteiger partial charge in [-0.25, -0.2) is 0 Å². The summed E-state index contributed by atoms with van der Waals surface area (Å²) in [5.41, 5.74) is 4.14. The smallest absolute Gasteiger partial charge is 0.0443 e. The van der Waals surface area contributed by atoms with Crippen molar-refractivity contribution in [2.24, 2.45) is 0 Å². The highest BCUT2D eigenvalue weighted by Gasteiger charge is 2.20. The fourth-order valence-corrected chi connectivity index (χ4v) is 2.39. The summed E-state index contributed by atoms with van der Waals surface area (Å²) in [5.74, 6) is 0.706. The molecule has 0 bridgehead atoms. The molecule has 1 heteroatoms. The summed E-state index contributed by atoms with van der Waals surface area (Å²) in [6, 6.07) is 4.34. The van der Waals surface area contributed by atoms with Crippen LogP contribution in [0.15, 0.2) is 12.1 Å². The van der Waals surface area contributed by atoms with Gasteiger partial charge < -0.3 is 0 Å². The Hall–Kier alpha value is -0.490. The van der Waals surface area contributed by atoms with Crippen molar-refractivity contribution in [3.8, 4) is 0 Å². The van der Waals surface area contributed by atoms with Gasteiger partial charge >= 0.3 is 0 Å². The Kier molecular flexibility index (Phi) is 4.00. The zero-order valence-electron chi connectivity index (χ0n) is 9.52. The molecule has 0 amide bonds. The van der Waals surface area contributed by atoms with Gasteiger partial charge in [0, 0.05) is 5.02 Å². The molecule has 0 heterocycles. The molecule has 0 aliphatic heterocycles. The molecule has 0 nitrogen and oxygen atoms in total. The summed E-state index contributed by atoms with van der Waals surface area (Å²) < 4.78 is 0. The van der Waals surface area contributed by atoms with Crippen LogP contribution < -0.4 is 0 Å². The van der Waals surface area contributed by atoms with E-state index in [1.165, 1.54) is 23.1 Å². The maximum Gasteiger partial charge on any atom is 0.0443 e. The van der Waals surface area contributed by atoms with Gasteiger partial charge in [0.1, 0.15) is 0 Å². The first-order valence-electron chi connectivity index (χ1n) is 5.47. The number of halogens is 1. The van der Waals surface area contributed by atoms with Crippen molar-refractivity contribution in [3.05, 3.63) is 33.8 Å². The van der Waals surface area contributed by atoms with Crippen LogP contribution in [0.3, 0.4) is 0 Å². The lowest BCUT2D eigenvalue weighted by atomic mass is 10.0. The number of hydrogen-bond acceptors (Lipinski definition) is 0. The largest absolute Gasteiger partial charge is 0.0840 e. The Morgan fingerprint density at radius 2 is 1.93 bits per heavy atom. The van der Waals surface area contributed by atoms with Crippen LogP contribution in [0, 0.1) is 6.92 Å². The highest BCUT2D eigenvalue weighted by molar-refractivity contribution is 6.31. The Morgan fingerprint density at radius 3 is 2.57 bits per heavy atom. The standard InChI is InChI=1S/C11H13Cl.C2H6/c1-7-5-10-8(2)3-4-9(10)11(12)6-7;1-2/h5-6,8H,3-4H2,1-2H3;1-2H3. The van der Waals surface area contributed by atoms with E-state index in [-0.39, 0.29) is 0 Å². The maximum atomic E-state index is 6.14. The topological polar surface area (TPSA) is 0 Å². The summed E-state index contributed by atoms with van der Waals surface area (Å²) in [6.45, 7) is 8.39. The maximum absolute atomic E-state index is 6.14. The number of aryl methyl sites for hydroxylation is 1. The molecule has 1 aliphatic carbocycles. The number of hydrogen-bond donors (Lipinski definition) is 0. The summed E-state index contributed by atoms with van der Waals surface area (Å²) in [5, 5.41) is 0.967. The van der Waals surface area contributed by atoms with E-state index in [9.17, 15) is 0 Å². The fraction of sp³-hybridized carbons (Fsp3) is 0.538. The summed E-state index contributed by atoms with van der Waals surface area (Å²) in [7, 11) is 0. The quantitative estimate of drug-likeness (QED) is 0.581. The summed E-state index contributed by atoms with van der Waals surface area (Å²) in [6.07, 6.45) is 2.42. The number of fused-ring (bicyclic) bond motifs is 1. The molecule has 0 fully saturated rings. The molecule has 0 aromatic heterocycles. The molecular formula is C13H19Cl. The first-order chi connectivity index (χ1) is 6.68. The third-order valence-electron chi connectivity index (χ3n) is 2.73. The second-order valence-electron chi connectivity index (χ2n) is 3.75. The van der Waals surface area contributed by atoms with E-state index in [1.54, 1.807) is 0 Å². The zero-order valence-corrected chi connectivity index (χ0v) is 10.3. The summed E-state index contributed by atoms with van der Waals surface area (Å²) >= 11 is 6.14. The molecule has 1 unspecified atom stereocenters. The van der Waals surface area contributed by atoms with Crippen molar-refractivity contribution in [2.75, 3.05) is 0 Å². The van der Waals surface area contributed by atoms with Crippen molar-refractivity contribution in [2.45, 2.75) is 46.5 Å². The minimum absolute atomic E-state index is 0.706. The predicted octanol–water partition coefficient (Wildman–Crippen LogP) is 4.72. The van der Waals surface area contributed by atoms with Gasteiger partial charge in [0.15, 0.2) is 0 Å². The zero-order chi connectivity index (χ0) is 10.7. The van der Waals surface area contributed by atoms with Crippen molar-refractivity contribution in [1.82, 2.24) is 0 Å². The molecule has 0 saturated heterocycles. The van der Waals surface area contributed by atoms with Crippen LogP contribution in [-0.2, 0) is 6.42 Å². The third-order valence-corrected chi connectivity index (χ3v) is 3.07. The molecule has 14 heavy (non-hydrogen) atoms. The normalized spacial score (nSPS) is 18.5. The van der Waals surface area contributed by atoms with E-state index < -0.39 is 0 Å². The van der Waals surface area contributed by atoms with Crippen LogP contribution in [0.5, 0.6) is 0 Å². The number of benzene rings is 1. The van der Waals surface area contributed by atoms with Gasteiger partial charge in [0.2, 0.25) is 0 Å². The van der Waals surface area contributed by atoms with Gasteiger partial charge in [-0.05, 0) is 48.4 Å². The monoisotopic (exact) mass is 210 g/mol. The lowest BCUT2D eigenvalue weighted by molar-refractivity contribution is 0.747. The summed E-state index contributed by atoms with van der Waals surface area (Å²) in [4.78, 5) is 0. The fourth-order valence-electron chi connectivity index (χ4n) is 2.02. The van der Waals surface area contributed by atoms with Crippen LogP contribution in [0.4, 0.5) is 0 Å². The van der Waals surface area contributed by atoms with Gasteiger partial charge in [0.05, 0.1) is 0 Å². The lowest BCUT2D eigenvalue weighted by Gasteiger charge is -2.06. The van der Waals surface area contributed by atoms with Crippen LogP contribution >= 0.6 is 11.6 Å². The first kappa shape index (κ1) is 11.6. The Morgan fingerprint density at radius 1 is 1.29 bits per heavy atom. The van der Waals surface area contributed by atoms with E-state index in [0.717, 1.165) is 11.4 Å².